The number of rotatable bonds is 1. The summed E-state index contributed by atoms with van der Waals surface area (Å²) < 4.78 is 36.1. The molecule has 7 rings (SSSR count). The summed E-state index contributed by atoms with van der Waals surface area (Å²) in [5.41, 5.74) is 5.90. The fourth-order valence-corrected chi connectivity index (χ4v) is 6.42. The molecule has 0 atom stereocenters. The zero-order valence-corrected chi connectivity index (χ0v) is 21.4. The highest BCUT2D eigenvalue weighted by Crippen LogP contribution is 2.37. The second-order valence-electron chi connectivity index (χ2n) is 9.43. The molecule has 0 amide bonds. The minimum absolute atomic E-state index is 0.0851. The van der Waals surface area contributed by atoms with Gasteiger partial charge in [-0.3, -0.25) is 5.84 Å². The van der Waals surface area contributed by atoms with E-state index in [0.717, 1.165) is 33.1 Å². The van der Waals surface area contributed by atoms with Crippen LogP contribution in [-0.4, -0.2) is 22.6 Å². The summed E-state index contributed by atoms with van der Waals surface area (Å²) in [6.45, 7) is 5.12. The number of aromatic nitrogens is 3. The number of nitrogen functional groups attached to an aromatic ring is 1. The maximum absolute atomic E-state index is 10.8. The third-order valence-electron chi connectivity index (χ3n) is 6.87. The van der Waals surface area contributed by atoms with Crippen molar-refractivity contribution in [2.24, 2.45) is 0 Å². The highest BCUT2D eigenvalue weighted by Gasteiger charge is 2.22. The number of para-hydroxylation sites is 2. The smallest absolute Gasteiger partial charge is 0.332 e. The number of aryl methyl sites for hydroxylation is 3. The van der Waals surface area contributed by atoms with Crippen LogP contribution in [0, 0.1) is 20.8 Å². The van der Waals surface area contributed by atoms with Crippen molar-refractivity contribution in [1.82, 2.24) is 9.61 Å². The standard InChI is InChI=1S/C20H13N4.C9H12O3S/c21-23-16-9-1-2-10-17(16)24-18(23)11-15-13-7-3-5-12-6-4-8-14(19(12)13)20(15)22-24;1-6-4-7(2)9(8(3)5-6)13(10,11)12/h1-11H,21H2;4-5H,1-3H3,(H,10,11,12)/q+1;/p-1. The van der Waals surface area contributed by atoms with E-state index in [1.807, 2.05) is 35.7 Å². The highest BCUT2D eigenvalue weighted by atomic mass is 32.2. The Balaban J connectivity index is 0.000000166. The van der Waals surface area contributed by atoms with E-state index >= 15 is 0 Å². The lowest BCUT2D eigenvalue weighted by Crippen LogP contribution is -2.44. The van der Waals surface area contributed by atoms with E-state index in [1.165, 1.54) is 21.5 Å². The van der Waals surface area contributed by atoms with Gasteiger partial charge in [0, 0.05) is 16.8 Å². The Hall–Kier alpha value is -4.27. The molecule has 0 aliphatic heterocycles. The zero-order valence-electron chi connectivity index (χ0n) is 20.6. The number of fused-ring (bicyclic) bond motifs is 6. The van der Waals surface area contributed by atoms with Crippen LogP contribution < -0.4 is 10.5 Å². The van der Waals surface area contributed by atoms with Gasteiger partial charge in [0.2, 0.25) is 11.0 Å². The van der Waals surface area contributed by atoms with Gasteiger partial charge in [-0.05, 0) is 60.2 Å². The fourth-order valence-electron chi connectivity index (χ4n) is 5.51. The molecule has 0 spiro atoms. The first-order valence-corrected chi connectivity index (χ1v) is 13.2. The van der Waals surface area contributed by atoms with Crippen LogP contribution in [0.5, 0.6) is 0 Å². The Kier molecular flexibility index (Phi) is 5.08. The highest BCUT2D eigenvalue weighted by molar-refractivity contribution is 7.85. The average Bonchev–Trinajstić information content (AvgIpc) is 3.31. The molecule has 0 saturated carbocycles. The molecule has 0 saturated heterocycles. The Labute approximate surface area is 213 Å². The van der Waals surface area contributed by atoms with Crippen molar-refractivity contribution in [2.75, 3.05) is 5.84 Å². The molecule has 8 heteroatoms. The van der Waals surface area contributed by atoms with Gasteiger partial charge >= 0.3 is 5.65 Å². The second kappa shape index (κ2) is 8.12. The van der Waals surface area contributed by atoms with Crippen LogP contribution in [-0.2, 0) is 10.1 Å². The van der Waals surface area contributed by atoms with Gasteiger partial charge in [-0.15, -0.1) is 4.68 Å². The van der Waals surface area contributed by atoms with Crippen LogP contribution in [0.2, 0.25) is 0 Å². The molecule has 37 heavy (non-hydrogen) atoms. The number of benzene rings is 4. The molecule has 7 aromatic rings. The molecule has 0 radical (unpaired) electrons. The molecule has 5 aromatic carbocycles. The van der Waals surface area contributed by atoms with E-state index in [1.54, 1.807) is 30.7 Å². The summed E-state index contributed by atoms with van der Waals surface area (Å²) in [6.07, 6.45) is 0. The van der Waals surface area contributed by atoms with Crippen LogP contribution in [0.25, 0.3) is 49.1 Å². The van der Waals surface area contributed by atoms with Crippen LogP contribution in [0.4, 0.5) is 0 Å². The molecular formula is C29H24N4O3S. The maximum Gasteiger partial charge on any atom is 0.332 e. The predicted molar refractivity (Wildman–Crippen MR) is 145 cm³/mol. The first-order chi connectivity index (χ1) is 17.6. The summed E-state index contributed by atoms with van der Waals surface area (Å²) in [7, 11) is -4.33. The summed E-state index contributed by atoms with van der Waals surface area (Å²) >= 11 is 0. The van der Waals surface area contributed by atoms with Gasteiger partial charge in [0.15, 0.2) is 0 Å². The Morgan fingerprint density at radius 1 is 0.838 bits per heavy atom. The second-order valence-corrected chi connectivity index (χ2v) is 10.7. The molecule has 184 valence electrons. The van der Waals surface area contributed by atoms with Gasteiger partial charge in [0.1, 0.15) is 15.6 Å². The third-order valence-corrected chi connectivity index (χ3v) is 8.01. The predicted octanol–water partition coefficient (Wildman–Crippen LogP) is 4.90. The van der Waals surface area contributed by atoms with Crippen molar-refractivity contribution in [2.45, 2.75) is 25.7 Å². The topological polar surface area (TPSA) is 104 Å². The molecule has 0 aliphatic rings. The summed E-state index contributed by atoms with van der Waals surface area (Å²) in [5, 5.41) is 11.1. The quantitative estimate of drug-likeness (QED) is 0.193. The SMILES string of the molecule is Cc1cc(C)c(S(=O)(=O)[O-])c(C)c1.N[n+]1c2ccccc2n2nc3c(cc21)c1cccc2cccc3c21. The van der Waals surface area contributed by atoms with Crippen molar-refractivity contribution in [3.8, 4) is 0 Å². The number of hydrogen-bond acceptors (Lipinski definition) is 5. The van der Waals surface area contributed by atoms with Gasteiger partial charge in [0.25, 0.3) is 0 Å². The minimum Gasteiger partial charge on any atom is -0.744 e. The van der Waals surface area contributed by atoms with Gasteiger partial charge in [0.05, 0.1) is 4.90 Å². The van der Waals surface area contributed by atoms with Crippen LogP contribution >= 0.6 is 0 Å². The molecule has 2 heterocycles. The first-order valence-electron chi connectivity index (χ1n) is 11.8. The number of nitrogens with zero attached hydrogens (tertiary/aromatic N) is 3. The molecule has 0 fully saturated rings. The van der Waals surface area contributed by atoms with Crippen LogP contribution in [0.1, 0.15) is 16.7 Å². The third kappa shape index (κ3) is 3.56. The van der Waals surface area contributed by atoms with Crippen molar-refractivity contribution in [1.29, 1.82) is 0 Å². The number of nitrogens with two attached hydrogens (primary N) is 1. The van der Waals surface area contributed by atoms with E-state index in [0.29, 0.717) is 11.1 Å². The van der Waals surface area contributed by atoms with Gasteiger partial charge < -0.3 is 4.55 Å². The number of hydrogen-bond donors (Lipinski definition) is 1. The average molecular weight is 509 g/mol. The summed E-state index contributed by atoms with van der Waals surface area (Å²) in [5.74, 6) is 6.33. The van der Waals surface area contributed by atoms with Crippen LogP contribution in [0.3, 0.4) is 0 Å². The van der Waals surface area contributed by atoms with E-state index in [-0.39, 0.29) is 4.90 Å². The molecule has 2 aromatic heterocycles. The Bertz CT molecular complexity index is 2090. The molecule has 7 nitrogen and oxygen atoms in total. The summed E-state index contributed by atoms with van der Waals surface area (Å²) in [6, 6.07) is 26.4. The number of imidazole rings is 1. The molecule has 2 N–H and O–H groups in total. The van der Waals surface area contributed by atoms with Crippen molar-refractivity contribution < 1.29 is 17.6 Å². The van der Waals surface area contributed by atoms with Gasteiger partial charge in [-0.1, -0.05) is 75.8 Å². The largest absolute Gasteiger partial charge is 0.744 e. The Morgan fingerprint density at radius 2 is 1.49 bits per heavy atom. The van der Waals surface area contributed by atoms with Crippen molar-refractivity contribution in [3.05, 3.63) is 95.6 Å². The maximum atomic E-state index is 10.8. The minimum atomic E-state index is -4.33. The lowest BCUT2D eigenvalue weighted by Gasteiger charge is -2.14. The molecule has 0 unspecified atom stereocenters. The fraction of sp³-hybridized carbons (Fsp3) is 0.103. The van der Waals surface area contributed by atoms with E-state index in [2.05, 4.69) is 42.5 Å². The lowest BCUT2D eigenvalue weighted by atomic mass is 10.1. The normalized spacial score (nSPS) is 12.1. The van der Waals surface area contributed by atoms with Crippen molar-refractivity contribution in [3.63, 3.8) is 0 Å². The molecular weight excluding hydrogens is 484 g/mol. The van der Waals surface area contributed by atoms with Crippen molar-refractivity contribution >= 4 is 59.2 Å². The van der Waals surface area contributed by atoms with E-state index < -0.39 is 10.1 Å². The van der Waals surface area contributed by atoms with E-state index in [4.69, 9.17) is 10.9 Å². The van der Waals surface area contributed by atoms with Crippen LogP contribution in [0.15, 0.2) is 83.8 Å². The molecule has 0 aliphatic carbocycles. The van der Waals surface area contributed by atoms with Gasteiger partial charge in [-0.25, -0.2) is 8.42 Å². The zero-order chi connectivity index (χ0) is 26.1. The first kappa shape index (κ1) is 23.1. The lowest BCUT2D eigenvalue weighted by molar-refractivity contribution is -0.584. The van der Waals surface area contributed by atoms with E-state index in [9.17, 15) is 13.0 Å². The monoisotopic (exact) mass is 508 g/mol. The summed E-state index contributed by atoms with van der Waals surface area (Å²) in [4.78, 5) is -0.0851. The Morgan fingerprint density at radius 3 is 2.16 bits per heavy atom. The molecule has 0 bridgehead atoms. The van der Waals surface area contributed by atoms with Gasteiger partial charge in [-0.2, -0.15) is 0 Å².